The number of carbonyl (C=O) groups excluding carboxylic acids is 1. The molecule has 1 aromatic heterocycles. The number of nitrogens with zero attached hydrogens (tertiary/aromatic N) is 1. The van der Waals surface area contributed by atoms with Crippen LogP contribution >= 0.6 is 0 Å². The van der Waals surface area contributed by atoms with Gasteiger partial charge in [0.1, 0.15) is 17.7 Å². The second-order valence-electron chi connectivity index (χ2n) is 8.05. The van der Waals surface area contributed by atoms with Crippen molar-refractivity contribution in [2.24, 2.45) is 0 Å². The summed E-state index contributed by atoms with van der Waals surface area (Å²) in [5, 5.41) is 10.3. The van der Waals surface area contributed by atoms with Crippen LogP contribution in [0.4, 0.5) is 8.78 Å². The lowest BCUT2D eigenvalue weighted by atomic mass is 9.90. The molecule has 0 amide bonds. The number of halogens is 2. The minimum absolute atomic E-state index is 0.0311. The molecule has 172 valence electrons. The third-order valence-corrected chi connectivity index (χ3v) is 5.90. The number of aromatic nitrogens is 1. The van der Waals surface area contributed by atoms with Gasteiger partial charge in [0.05, 0.1) is 25.8 Å². The molecular formula is C26H25F2NO4. The van der Waals surface area contributed by atoms with E-state index in [2.05, 4.69) is 0 Å². The first kappa shape index (κ1) is 22.9. The summed E-state index contributed by atoms with van der Waals surface area (Å²) in [7, 11) is 1.29. The van der Waals surface area contributed by atoms with Gasteiger partial charge in [-0.25, -0.2) is 13.8 Å². The number of methoxy groups -OCH3 is 1. The number of benzene rings is 2. The lowest BCUT2D eigenvalue weighted by Gasteiger charge is -2.23. The third kappa shape index (κ3) is 5.03. The number of rotatable bonds is 7. The average molecular weight is 453 g/mol. The molecule has 1 aliphatic carbocycles. The fourth-order valence-corrected chi connectivity index (χ4v) is 4.25. The number of hydrogen-bond donors (Lipinski definition) is 1. The average Bonchev–Trinajstić information content (AvgIpc) is 3.33. The smallest absolute Gasteiger partial charge is 0.310 e. The van der Waals surface area contributed by atoms with E-state index in [9.17, 15) is 18.7 Å². The molecule has 0 radical (unpaired) electrons. The fraction of sp³-hybridized carbons (Fsp3) is 0.308. The molecule has 1 saturated carbocycles. The molecule has 1 N–H and O–H groups in total. The Bertz CT molecular complexity index is 1120. The summed E-state index contributed by atoms with van der Waals surface area (Å²) in [5.74, 6) is -1.05. The highest BCUT2D eigenvalue weighted by molar-refractivity contribution is 5.86. The van der Waals surface area contributed by atoms with Crippen LogP contribution in [0.2, 0.25) is 0 Å². The zero-order valence-electron chi connectivity index (χ0n) is 18.3. The lowest BCUT2D eigenvalue weighted by Crippen LogP contribution is -2.16. The number of esters is 1. The summed E-state index contributed by atoms with van der Waals surface area (Å²) >= 11 is 0. The second-order valence-corrected chi connectivity index (χ2v) is 8.05. The van der Waals surface area contributed by atoms with E-state index in [1.54, 1.807) is 24.3 Å². The summed E-state index contributed by atoms with van der Waals surface area (Å²) in [6.07, 6.45) is 3.70. The van der Waals surface area contributed by atoms with Gasteiger partial charge in [-0.15, -0.1) is 0 Å². The van der Waals surface area contributed by atoms with Crippen molar-refractivity contribution in [2.45, 2.75) is 44.8 Å². The van der Waals surface area contributed by atoms with Gasteiger partial charge in [-0.05, 0) is 78.8 Å². The van der Waals surface area contributed by atoms with Crippen LogP contribution in [0.5, 0.6) is 5.88 Å². The predicted molar refractivity (Wildman–Crippen MR) is 120 cm³/mol. The Hall–Kier alpha value is -3.32. The Morgan fingerprint density at radius 1 is 0.970 bits per heavy atom. The molecule has 2 aromatic carbocycles. The minimum Gasteiger partial charge on any atom is -0.474 e. The Morgan fingerprint density at radius 2 is 1.55 bits per heavy atom. The molecule has 33 heavy (non-hydrogen) atoms. The van der Waals surface area contributed by atoms with Crippen molar-refractivity contribution >= 4 is 5.97 Å². The number of aliphatic hydroxyl groups is 1. The van der Waals surface area contributed by atoms with Gasteiger partial charge in [0.2, 0.25) is 5.88 Å². The Balaban J connectivity index is 1.99. The van der Waals surface area contributed by atoms with Gasteiger partial charge in [-0.1, -0.05) is 12.1 Å². The van der Waals surface area contributed by atoms with Gasteiger partial charge >= 0.3 is 5.97 Å². The topological polar surface area (TPSA) is 68.7 Å². The molecule has 0 aliphatic heterocycles. The van der Waals surface area contributed by atoms with E-state index >= 15 is 0 Å². The van der Waals surface area contributed by atoms with Crippen LogP contribution in [0.1, 0.15) is 36.8 Å². The van der Waals surface area contributed by atoms with E-state index in [1.807, 2.05) is 0 Å². The van der Waals surface area contributed by atoms with Crippen molar-refractivity contribution in [3.05, 3.63) is 71.3 Å². The van der Waals surface area contributed by atoms with Gasteiger partial charge in [-0.2, -0.15) is 0 Å². The van der Waals surface area contributed by atoms with E-state index in [-0.39, 0.29) is 25.0 Å². The number of ether oxygens (including phenoxy) is 2. The highest BCUT2D eigenvalue weighted by Gasteiger charge is 2.27. The molecule has 0 bridgehead atoms. The van der Waals surface area contributed by atoms with E-state index < -0.39 is 17.6 Å². The van der Waals surface area contributed by atoms with Crippen LogP contribution in [-0.2, 0) is 22.6 Å². The highest BCUT2D eigenvalue weighted by Crippen LogP contribution is 2.40. The van der Waals surface area contributed by atoms with E-state index in [4.69, 9.17) is 14.5 Å². The van der Waals surface area contributed by atoms with Crippen molar-refractivity contribution in [3.8, 4) is 28.3 Å². The molecule has 0 atom stereocenters. The first-order valence-corrected chi connectivity index (χ1v) is 10.9. The molecule has 0 spiro atoms. The number of pyridine rings is 1. The van der Waals surface area contributed by atoms with Crippen LogP contribution in [0.15, 0.2) is 48.5 Å². The number of hydrogen-bond acceptors (Lipinski definition) is 5. The maximum absolute atomic E-state index is 13.7. The van der Waals surface area contributed by atoms with E-state index in [0.29, 0.717) is 33.5 Å². The van der Waals surface area contributed by atoms with Gasteiger partial charge in [0.15, 0.2) is 0 Å². The maximum atomic E-state index is 13.7. The highest BCUT2D eigenvalue weighted by atomic mass is 19.1. The number of carbonyl (C=O) groups is 1. The summed E-state index contributed by atoms with van der Waals surface area (Å²) in [6.45, 7) is -0.389. The molecule has 5 nitrogen and oxygen atoms in total. The molecule has 1 fully saturated rings. The molecular weight excluding hydrogens is 428 g/mol. The Labute approximate surface area is 191 Å². The predicted octanol–water partition coefficient (Wildman–Crippen LogP) is 5.22. The van der Waals surface area contributed by atoms with Crippen LogP contribution < -0.4 is 4.74 Å². The van der Waals surface area contributed by atoms with Crippen molar-refractivity contribution in [1.29, 1.82) is 0 Å². The van der Waals surface area contributed by atoms with Gasteiger partial charge in [-0.3, -0.25) is 4.79 Å². The summed E-state index contributed by atoms with van der Waals surface area (Å²) in [6, 6.07) is 11.6. The molecule has 3 aromatic rings. The van der Waals surface area contributed by atoms with Crippen molar-refractivity contribution in [3.63, 3.8) is 0 Å². The molecule has 1 aliphatic rings. The quantitative estimate of drug-likeness (QED) is 0.497. The third-order valence-electron chi connectivity index (χ3n) is 5.90. The number of aliphatic hydroxyl groups excluding tert-OH is 1. The van der Waals surface area contributed by atoms with Crippen LogP contribution in [-0.4, -0.2) is 29.3 Å². The zero-order valence-corrected chi connectivity index (χ0v) is 18.3. The molecule has 7 heteroatoms. The fourth-order valence-electron chi connectivity index (χ4n) is 4.25. The largest absolute Gasteiger partial charge is 0.474 e. The standard InChI is InChI=1S/C26H25F2NO4/c1-32-23(31)14-21-24(16-6-10-18(27)11-7-16)22(15-30)26(33-20-4-2-3-5-20)29-25(21)17-8-12-19(28)13-9-17/h6-13,20,30H,2-5,14-15H2,1H3. The van der Waals surface area contributed by atoms with Crippen LogP contribution in [0.25, 0.3) is 22.4 Å². The molecule has 4 rings (SSSR count). The van der Waals surface area contributed by atoms with E-state index in [0.717, 1.165) is 25.7 Å². The molecule has 0 unspecified atom stereocenters. The van der Waals surface area contributed by atoms with Crippen molar-refractivity contribution < 1.29 is 28.2 Å². The second kappa shape index (κ2) is 10.1. The zero-order chi connectivity index (χ0) is 23.4. The SMILES string of the molecule is COC(=O)Cc1c(-c2ccc(F)cc2)nc(OC2CCCC2)c(CO)c1-c1ccc(F)cc1. The van der Waals surface area contributed by atoms with Crippen molar-refractivity contribution in [1.82, 2.24) is 4.98 Å². The van der Waals surface area contributed by atoms with E-state index in [1.165, 1.54) is 31.4 Å². The first-order chi connectivity index (χ1) is 16.0. The Kier molecular flexibility index (Phi) is 6.99. The summed E-state index contributed by atoms with van der Waals surface area (Å²) in [5.41, 5.74) is 3.04. The summed E-state index contributed by atoms with van der Waals surface area (Å²) < 4.78 is 38.4. The van der Waals surface area contributed by atoms with Gasteiger partial charge in [0, 0.05) is 11.1 Å². The maximum Gasteiger partial charge on any atom is 0.310 e. The minimum atomic E-state index is -0.503. The molecule has 0 saturated heterocycles. The van der Waals surface area contributed by atoms with Crippen LogP contribution in [0.3, 0.4) is 0 Å². The summed E-state index contributed by atoms with van der Waals surface area (Å²) in [4.78, 5) is 17.1. The monoisotopic (exact) mass is 453 g/mol. The lowest BCUT2D eigenvalue weighted by molar-refractivity contribution is -0.139. The van der Waals surface area contributed by atoms with Crippen molar-refractivity contribution in [2.75, 3.05) is 7.11 Å². The van der Waals surface area contributed by atoms with Gasteiger partial charge < -0.3 is 14.6 Å². The van der Waals surface area contributed by atoms with Gasteiger partial charge in [0.25, 0.3) is 0 Å². The first-order valence-electron chi connectivity index (χ1n) is 10.9. The normalized spacial score (nSPS) is 13.8. The van der Waals surface area contributed by atoms with Crippen LogP contribution in [0, 0.1) is 11.6 Å². The Morgan fingerprint density at radius 3 is 2.09 bits per heavy atom. The molecule has 1 heterocycles.